The zero-order chi connectivity index (χ0) is 45.8. The minimum atomic E-state index is -4.63. The highest BCUT2D eigenvalue weighted by Crippen LogP contribution is 2.54. The van der Waals surface area contributed by atoms with Crippen molar-refractivity contribution in [3.63, 3.8) is 0 Å². The van der Waals surface area contributed by atoms with E-state index in [4.69, 9.17) is 4.74 Å². The molecule has 5 heterocycles. The monoisotopic (exact) mass is 917 g/mol. The Kier molecular flexibility index (Phi) is 11.8. The quantitative estimate of drug-likeness (QED) is 0.0661. The number of H-pyrrole nitrogens is 1. The first-order chi connectivity index (χ1) is 31.7. The molecule has 17 heteroatoms. The third kappa shape index (κ3) is 9.22. The van der Waals surface area contributed by atoms with Crippen LogP contribution in [-0.2, 0) is 10.0 Å². The molecule has 1 spiro atoms. The summed E-state index contributed by atoms with van der Waals surface area (Å²) in [6.45, 7) is 7.06. The van der Waals surface area contributed by atoms with E-state index in [1.807, 2.05) is 12.1 Å². The number of nitro groups is 1. The smallest absolute Gasteiger partial charge is 0.312 e. The van der Waals surface area contributed by atoms with E-state index in [0.717, 1.165) is 81.7 Å². The van der Waals surface area contributed by atoms with Gasteiger partial charge in [-0.25, -0.2) is 23.1 Å². The summed E-state index contributed by atoms with van der Waals surface area (Å²) in [5.74, 6) is 0.338. The van der Waals surface area contributed by atoms with Crippen LogP contribution < -0.4 is 19.7 Å². The number of likely N-dealkylation sites (N-methyl/N-ethyl adjacent to an activating group) is 1. The van der Waals surface area contributed by atoms with Gasteiger partial charge in [-0.2, -0.15) is 0 Å². The number of benzene rings is 2. The third-order valence-electron chi connectivity index (χ3n) is 15.1. The van der Waals surface area contributed by atoms with Crippen molar-refractivity contribution in [2.75, 3.05) is 56.5 Å². The normalized spacial score (nSPS) is 24.0. The molecule has 3 saturated carbocycles. The SMILES string of the molecule is CN1CCN(C2CC3(CCN(c4ccc(C(=O)NS(=O)(=O)c5cnc(NCC6CCC(C)(O)CC6)c([N+](=O)[O-])c5)c(Oc5cnc6[nH]ccc6c5)c4)CC3)C2)[C@@H](c2ccccc2C2CC2)C1. The van der Waals surface area contributed by atoms with Gasteiger partial charge in [-0.15, -0.1) is 0 Å². The molecular weight excluding hydrogens is 859 g/mol. The Labute approximate surface area is 385 Å². The summed E-state index contributed by atoms with van der Waals surface area (Å²) in [6.07, 6.45) is 14.1. The van der Waals surface area contributed by atoms with Gasteiger partial charge in [-0.1, -0.05) is 24.3 Å². The number of anilines is 2. The lowest BCUT2D eigenvalue weighted by molar-refractivity contribution is -0.384. The second-order valence-electron chi connectivity index (χ2n) is 19.9. The zero-order valence-electron chi connectivity index (χ0n) is 37.6. The number of hydrogen-bond acceptors (Lipinski definition) is 13. The number of pyridine rings is 2. The van der Waals surface area contributed by atoms with E-state index in [-0.39, 0.29) is 28.5 Å². The molecule has 5 fully saturated rings. The summed E-state index contributed by atoms with van der Waals surface area (Å²) >= 11 is 0. The highest BCUT2D eigenvalue weighted by molar-refractivity contribution is 7.90. The van der Waals surface area contributed by atoms with Crippen molar-refractivity contribution in [2.45, 2.75) is 99.6 Å². The summed E-state index contributed by atoms with van der Waals surface area (Å²) in [5.41, 5.74) is 3.57. The summed E-state index contributed by atoms with van der Waals surface area (Å²) in [5, 5.41) is 26.2. The number of nitrogens with zero attached hydrogens (tertiary/aromatic N) is 6. The fourth-order valence-electron chi connectivity index (χ4n) is 11.0. The molecule has 66 heavy (non-hydrogen) atoms. The Balaban J connectivity index is 0.836. The van der Waals surface area contributed by atoms with Crippen LogP contribution in [0.3, 0.4) is 0 Å². The van der Waals surface area contributed by atoms with E-state index in [9.17, 15) is 28.4 Å². The van der Waals surface area contributed by atoms with Gasteiger partial charge in [-0.05, 0) is 131 Å². The van der Waals surface area contributed by atoms with E-state index in [2.05, 4.69) is 71.0 Å². The number of carbonyl (C=O) groups excluding carboxylic acids is 1. The minimum Gasteiger partial charge on any atom is -0.455 e. The summed E-state index contributed by atoms with van der Waals surface area (Å²) in [4.78, 5) is 44.1. The number of piperidine rings is 1. The van der Waals surface area contributed by atoms with Crippen LogP contribution in [0.25, 0.3) is 11.0 Å². The second-order valence-corrected chi connectivity index (χ2v) is 21.6. The van der Waals surface area contributed by atoms with Crippen LogP contribution in [0.15, 0.2) is 84.1 Å². The summed E-state index contributed by atoms with van der Waals surface area (Å²) < 4.78 is 35.9. The van der Waals surface area contributed by atoms with Gasteiger partial charge in [0, 0.05) is 80.8 Å². The van der Waals surface area contributed by atoms with Crippen molar-refractivity contribution in [1.82, 2.24) is 29.5 Å². The van der Waals surface area contributed by atoms with Crippen LogP contribution in [0.2, 0.25) is 0 Å². The molecule has 2 saturated heterocycles. The molecule has 10 rings (SSSR count). The molecule has 4 N–H and O–H groups in total. The molecule has 1 amide bonds. The Morgan fingerprint density at radius 1 is 0.955 bits per heavy atom. The molecule has 0 bridgehead atoms. The number of fused-ring (bicyclic) bond motifs is 1. The molecule has 1 atom stereocenters. The van der Waals surface area contributed by atoms with Gasteiger partial charge in [0.05, 0.1) is 28.5 Å². The molecule has 16 nitrogen and oxygen atoms in total. The average Bonchev–Trinajstić information content (AvgIpc) is 4.04. The number of aromatic nitrogens is 3. The number of sulfonamides is 1. The number of rotatable bonds is 13. The van der Waals surface area contributed by atoms with E-state index >= 15 is 0 Å². The van der Waals surface area contributed by atoms with Crippen molar-refractivity contribution < 1.29 is 28.0 Å². The van der Waals surface area contributed by atoms with Crippen molar-refractivity contribution in [3.8, 4) is 11.5 Å². The first kappa shape index (κ1) is 44.2. The lowest BCUT2D eigenvalue weighted by Gasteiger charge is -2.58. The lowest BCUT2D eigenvalue weighted by atomic mass is 9.59. The molecule has 0 unspecified atom stereocenters. The van der Waals surface area contributed by atoms with Gasteiger partial charge in [0.1, 0.15) is 22.0 Å². The molecule has 2 aliphatic heterocycles. The van der Waals surface area contributed by atoms with Crippen molar-refractivity contribution >= 4 is 44.2 Å². The molecular formula is C49H59N9O7S. The highest BCUT2D eigenvalue weighted by atomic mass is 32.2. The predicted octanol–water partition coefficient (Wildman–Crippen LogP) is 7.75. The summed E-state index contributed by atoms with van der Waals surface area (Å²) in [6, 6.07) is 19.8. The van der Waals surface area contributed by atoms with Crippen molar-refractivity contribution in [2.24, 2.45) is 11.3 Å². The molecule has 348 valence electrons. The average molecular weight is 918 g/mol. The number of hydrogen-bond donors (Lipinski definition) is 4. The maximum atomic E-state index is 14.0. The van der Waals surface area contributed by atoms with E-state index in [1.165, 1.54) is 37.4 Å². The van der Waals surface area contributed by atoms with Crippen LogP contribution >= 0.6 is 0 Å². The number of aromatic amines is 1. The van der Waals surface area contributed by atoms with E-state index < -0.39 is 37.0 Å². The highest BCUT2D eigenvalue weighted by Gasteiger charge is 2.50. The van der Waals surface area contributed by atoms with Gasteiger partial charge in [0.2, 0.25) is 5.82 Å². The number of amides is 1. The molecule has 3 aliphatic carbocycles. The van der Waals surface area contributed by atoms with Gasteiger partial charge in [0.25, 0.3) is 15.9 Å². The minimum absolute atomic E-state index is 0.0380. The standard InChI is InChI=1S/C49H59N9O7S/c1-48(60)14-11-32(12-15-48)28-51-46-42(58(61)62)25-38(30-53-46)66(63,64)54-47(59)41-10-9-35(24-44(41)65-37-23-34-13-18-50-45(34)52-29-37)56-19-16-49(17-20-56)26-36(27-49)57-22-21-55(2)31-43(57)40-6-4-3-5-39(40)33-7-8-33/h3-6,9-10,13,18,23-25,29-30,32-33,36,43,60H,7-8,11-12,14-17,19-22,26-28,31H2,1-2H3,(H,50,52)(H,51,53)(H,54,59)/t32?,43-,48?/m1/s1. The predicted molar refractivity (Wildman–Crippen MR) is 251 cm³/mol. The first-order valence-electron chi connectivity index (χ1n) is 23.4. The van der Waals surface area contributed by atoms with Gasteiger partial charge >= 0.3 is 5.69 Å². The maximum Gasteiger partial charge on any atom is 0.312 e. The topological polar surface area (TPSA) is 199 Å². The Hall–Kier alpha value is -5.62. The largest absolute Gasteiger partial charge is 0.455 e. The summed E-state index contributed by atoms with van der Waals surface area (Å²) in [7, 11) is -2.38. The number of aliphatic hydroxyl groups is 1. The molecule has 3 aromatic heterocycles. The van der Waals surface area contributed by atoms with E-state index in [1.54, 1.807) is 36.9 Å². The van der Waals surface area contributed by atoms with Crippen LogP contribution in [0, 0.1) is 21.4 Å². The Bertz CT molecular complexity index is 2730. The fraction of sp³-hybridized carbons (Fsp3) is 0.490. The molecule has 2 aromatic carbocycles. The van der Waals surface area contributed by atoms with Crippen molar-refractivity contribution in [1.29, 1.82) is 0 Å². The molecule has 5 aliphatic rings. The van der Waals surface area contributed by atoms with E-state index in [0.29, 0.717) is 48.8 Å². The van der Waals surface area contributed by atoms with Gasteiger partial charge in [0.15, 0.2) is 0 Å². The third-order valence-corrected chi connectivity index (χ3v) is 16.4. The number of ether oxygens (including phenoxy) is 1. The Morgan fingerprint density at radius 2 is 1.71 bits per heavy atom. The first-order valence-corrected chi connectivity index (χ1v) is 24.9. The molecule has 5 aromatic rings. The van der Waals surface area contributed by atoms with Gasteiger partial charge in [-0.3, -0.25) is 19.8 Å². The lowest BCUT2D eigenvalue weighted by Crippen LogP contribution is -2.59. The molecule has 0 radical (unpaired) electrons. The van der Waals surface area contributed by atoms with Gasteiger partial charge < -0.3 is 29.9 Å². The van der Waals surface area contributed by atoms with Crippen LogP contribution in [0.1, 0.15) is 105 Å². The number of piperazine rings is 1. The number of carbonyl (C=O) groups is 1. The Morgan fingerprint density at radius 3 is 2.45 bits per heavy atom. The zero-order valence-corrected chi connectivity index (χ0v) is 38.4. The van der Waals surface area contributed by atoms with Crippen molar-refractivity contribution in [3.05, 3.63) is 106 Å². The number of nitrogens with one attached hydrogen (secondary N) is 3. The van der Waals surface area contributed by atoms with Crippen LogP contribution in [0.4, 0.5) is 17.2 Å². The van der Waals surface area contributed by atoms with Crippen LogP contribution in [-0.4, -0.2) is 107 Å². The fourth-order valence-corrected chi connectivity index (χ4v) is 11.9. The van der Waals surface area contributed by atoms with Crippen LogP contribution in [0.5, 0.6) is 11.5 Å². The maximum absolute atomic E-state index is 14.0. The second kappa shape index (κ2) is 17.6.